The zero-order valence-electron chi connectivity index (χ0n) is 23.7. The average molecular weight is 581 g/mol. The zero-order chi connectivity index (χ0) is 30.0. The van der Waals surface area contributed by atoms with E-state index >= 15 is 8.78 Å². The highest BCUT2D eigenvalue weighted by Gasteiger charge is 2.65. The summed E-state index contributed by atoms with van der Waals surface area (Å²) in [5.74, 6) is -6.24. The number of halogens is 4. The van der Waals surface area contributed by atoms with Crippen molar-refractivity contribution in [2.75, 3.05) is 7.11 Å². The maximum absolute atomic E-state index is 15.9. The molecule has 1 N–H and O–H groups in total. The van der Waals surface area contributed by atoms with Gasteiger partial charge in [0.2, 0.25) is 0 Å². The van der Waals surface area contributed by atoms with E-state index in [0.29, 0.717) is 22.4 Å². The number of methoxy groups -OCH3 is 1. The van der Waals surface area contributed by atoms with Crippen molar-refractivity contribution in [2.45, 2.75) is 63.9 Å². The third kappa shape index (κ3) is 4.56. The molecule has 3 aliphatic carbocycles. The summed E-state index contributed by atoms with van der Waals surface area (Å²) in [6.07, 6.45) is 3.49. The Labute approximate surface area is 242 Å². The molecule has 3 aliphatic rings. The van der Waals surface area contributed by atoms with Crippen LogP contribution in [-0.4, -0.2) is 18.2 Å². The van der Waals surface area contributed by atoms with Crippen LogP contribution in [0.15, 0.2) is 54.6 Å². The average Bonchev–Trinajstić information content (AvgIpc) is 3.57. The fourth-order valence-corrected chi connectivity index (χ4v) is 6.88. The number of aliphatic carboxylic acids is 1. The van der Waals surface area contributed by atoms with Gasteiger partial charge < -0.3 is 14.6 Å². The highest BCUT2D eigenvalue weighted by Crippen LogP contribution is 2.65. The van der Waals surface area contributed by atoms with Crippen molar-refractivity contribution in [3.63, 3.8) is 0 Å². The van der Waals surface area contributed by atoms with Crippen molar-refractivity contribution in [1.82, 2.24) is 0 Å². The first kappa shape index (κ1) is 28.3. The molecule has 0 aromatic heterocycles. The number of rotatable bonds is 7. The van der Waals surface area contributed by atoms with Crippen molar-refractivity contribution in [3.8, 4) is 22.6 Å². The van der Waals surface area contributed by atoms with Crippen LogP contribution in [0.4, 0.5) is 17.6 Å². The highest BCUT2D eigenvalue weighted by molar-refractivity contribution is 5.85. The van der Waals surface area contributed by atoms with Crippen LogP contribution >= 0.6 is 0 Å². The number of hydrogen-bond donors (Lipinski definition) is 1. The van der Waals surface area contributed by atoms with Crippen LogP contribution in [0.1, 0.15) is 68.2 Å². The Morgan fingerprint density at radius 2 is 1.76 bits per heavy atom. The van der Waals surface area contributed by atoms with Crippen molar-refractivity contribution >= 4 is 11.5 Å². The van der Waals surface area contributed by atoms with E-state index in [9.17, 15) is 18.7 Å². The molecule has 0 heterocycles. The molecule has 3 aromatic rings. The smallest absolute Gasteiger partial charge is 0.307 e. The first-order chi connectivity index (χ1) is 19.9. The summed E-state index contributed by atoms with van der Waals surface area (Å²) in [4.78, 5) is 11.7. The van der Waals surface area contributed by atoms with Gasteiger partial charge in [-0.25, -0.2) is 17.6 Å². The molecule has 1 spiro atoms. The third-order valence-corrected chi connectivity index (χ3v) is 9.34. The monoisotopic (exact) mass is 580 g/mol. The fraction of sp³-hybridized carbons (Fsp3) is 0.382. The van der Waals surface area contributed by atoms with E-state index in [0.717, 1.165) is 30.0 Å². The lowest BCUT2D eigenvalue weighted by Crippen LogP contribution is -2.31. The molecule has 1 saturated carbocycles. The van der Waals surface area contributed by atoms with Crippen LogP contribution in [0.5, 0.6) is 11.5 Å². The third-order valence-electron chi connectivity index (χ3n) is 9.34. The second-order valence-corrected chi connectivity index (χ2v) is 12.3. The summed E-state index contributed by atoms with van der Waals surface area (Å²) >= 11 is 0. The molecular weight excluding hydrogens is 548 g/mol. The summed E-state index contributed by atoms with van der Waals surface area (Å²) in [5, 5.41) is 9.57. The predicted octanol–water partition coefficient (Wildman–Crippen LogP) is 8.65. The van der Waals surface area contributed by atoms with E-state index in [1.165, 1.54) is 19.2 Å². The van der Waals surface area contributed by atoms with Gasteiger partial charge in [-0.15, -0.1) is 0 Å². The van der Waals surface area contributed by atoms with Gasteiger partial charge in [0.05, 0.1) is 13.0 Å². The van der Waals surface area contributed by atoms with Crippen LogP contribution in [0.2, 0.25) is 0 Å². The van der Waals surface area contributed by atoms with E-state index < -0.39 is 41.0 Å². The normalized spacial score (nSPS) is 23.3. The van der Waals surface area contributed by atoms with Crippen molar-refractivity contribution in [3.05, 3.63) is 88.5 Å². The van der Waals surface area contributed by atoms with E-state index in [4.69, 9.17) is 9.47 Å². The van der Waals surface area contributed by atoms with Crippen molar-refractivity contribution in [1.29, 1.82) is 0 Å². The van der Waals surface area contributed by atoms with Crippen LogP contribution in [0.25, 0.3) is 16.7 Å². The van der Waals surface area contributed by atoms with Crippen LogP contribution < -0.4 is 9.47 Å². The summed E-state index contributed by atoms with van der Waals surface area (Å²) in [6, 6.07) is 12.4. The van der Waals surface area contributed by atoms with Gasteiger partial charge in [0.1, 0.15) is 18.2 Å². The molecule has 220 valence electrons. The van der Waals surface area contributed by atoms with Gasteiger partial charge in [0.25, 0.3) is 5.92 Å². The summed E-state index contributed by atoms with van der Waals surface area (Å²) in [6.45, 7) is 4.21. The Bertz CT molecular complexity index is 1630. The number of benzene rings is 3. The SMILES string of the molecule is COc1ccc(F)c(-c2ccc(COc3ccc4c(c3F)[C@]3(CCC4(F)F)C[C@@H]3C(=O)O)cc2C2=CCCC2(C)C)c1. The summed E-state index contributed by atoms with van der Waals surface area (Å²) < 4.78 is 71.7. The maximum atomic E-state index is 15.9. The molecule has 0 saturated heterocycles. The van der Waals surface area contributed by atoms with Crippen molar-refractivity contribution in [2.24, 2.45) is 11.3 Å². The van der Waals surface area contributed by atoms with Crippen molar-refractivity contribution < 1.29 is 36.9 Å². The molecule has 0 bridgehead atoms. The molecule has 0 aliphatic heterocycles. The standard InChI is InChI=1S/C34H32F4O4/c1-32(2)12-4-5-24(32)22-15-19(6-8-21(22)23-16-20(41-3)7-10-27(23)35)18-42-28-11-9-25-29(30(28)36)33(13-14-34(25,37)38)17-26(33)31(39)40/h5-11,15-16,26H,4,12-14,17-18H2,1-3H3,(H,39,40)/t26-,33-/m1/s1. The Morgan fingerprint density at radius 1 is 0.976 bits per heavy atom. The second kappa shape index (κ2) is 9.89. The quantitative estimate of drug-likeness (QED) is 0.284. The lowest BCUT2D eigenvalue weighted by molar-refractivity contribution is -0.139. The lowest BCUT2D eigenvalue weighted by Gasteiger charge is -2.33. The zero-order valence-corrected chi connectivity index (χ0v) is 23.7. The van der Waals surface area contributed by atoms with Crippen LogP contribution in [0, 0.1) is 23.0 Å². The van der Waals surface area contributed by atoms with E-state index in [1.54, 1.807) is 18.2 Å². The minimum absolute atomic E-state index is 0.0664. The van der Waals surface area contributed by atoms with Crippen LogP contribution in [0.3, 0.4) is 0 Å². The highest BCUT2D eigenvalue weighted by atomic mass is 19.3. The molecule has 4 nitrogen and oxygen atoms in total. The number of alkyl halides is 2. The maximum Gasteiger partial charge on any atom is 0.307 e. The number of carboxylic acid groups (broad SMARTS) is 1. The Kier molecular flexibility index (Phi) is 6.67. The van der Waals surface area contributed by atoms with Gasteiger partial charge in [-0.05, 0) is 89.8 Å². The largest absolute Gasteiger partial charge is 0.497 e. The molecule has 42 heavy (non-hydrogen) atoms. The number of fused-ring (bicyclic) bond motifs is 2. The van der Waals surface area contributed by atoms with Crippen LogP contribution in [-0.2, 0) is 22.7 Å². The molecule has 6 rings (SSSR count). The molecule has 8 heteroatoms. The Hall–Kier alpha value is -3.81. The number of carbonyl (C=O) groups is 1. The first-order valence-electron chi connectivity index (χ1n) is 14.1. The van der Waals surface area contributed by atoms with Gasteiger partial charge in [0, 0.05) is 28.5 Å². The summed E-state index contributed by atoms with van der Waals surface area (Å²) in [5.41, 5.74) is 1.69. The van der Waals surface area contributed by atoms with Gasteiger partial charge >= 0.3 is 5.97 Å². The van der Waals surface area contributed by atoms with E-state index in [2.05, 4.69) is 19.9 Å². The lowest BCUT2D eigenvalue weighted by atomic mass is 9.76. The molecule has 3 aromatic carbocycles. The topological polar surface area (TPSA) is 55.8 Å². The van der Waals surface area contributed by atoms with Gasteiger partial charge in [-0.1, -0.05) is 32.1 Å². The molecule has 0 unspecified atom stereocenters. The van der Waals surface area contributed by atoms with E-state index in [1.807, 2.05) is 12.1 Å². The van der Waals surface area contributed by atoms with Gasteiger partial charge in [0.15, 0.2) is 11.6 Å². The number of carboxylic acids is 1. The molecular formula is C34H32F4O4. The van der Waals surface area contributed by atoms with E-state index in [-0.39, 0.29) is 42.0 Å². The second-order valence-electron chi connectivity index (χ2n) is 12.3. The molecule has 0 amide bonds. The van der Waals surface area contributed by atoms with Gasteiger partial charge in [-0.2, -0.15) is 0 Å². The number of ether oxygens (including phenoxy) is 2. The van der Waals surface area contributed by atoms with Gasteiger partial charge in [-0.3, -0.25) is 4.79 Å². The Balaban J connectivity index is 1.36. The first-order valence-corrected chi connectivity index (χ1v) is 14.1. The predicted molar refractivity (Wildman–Crippen MR) is 151 cm³/mol. The number of allylic oxidation sites excluding steroid dienone is 2. The fourth-order valence-electron chi connectivity index (χ4n) is 6.88. The minimum Gasteiger partial charge on any atom is -0.497 e. The number of hydrogen-bond acceptors (Lipinski definition) is 3. The Morgan fingerprint density at radius 3 is 2.43 bits per heavy atom. The summed E-state index contributed by atoms with van der Waals surface area (Å²) in [7, 11) is 1.52. The minimum atomic E-state index is -3.24. The molecule has 0 radical (unpaired) electrons. The molecule has 1 fully saturated rings. The molecule has 2 atom stereocenters.